The Morgan fingerprint density at radius 1 is 0.600 bits per heavy atom. The van der Waals surface area contributed by atoms with Crippen molar-refractivity contribution in [1.29, 1.82) is 0 Å². The summed E-state index contributed by atoms with van der Waals surface area (Å²) in [7, 11) is 0. The molecule has 562 valence electrons. The van der Waals surface area contributed by atoms with E-state index in [1.807, 2.05) is 6.26 Å². The van der Waals surface area contributed by atoms with Crippen molar-refractivity contribution in [2.45, 2.75) is 191 Å². The highest BCUT2D eigenvalue weighted by atomic mass is 32.2. The first-order valence-corrected chi connectivity index (χ1v) is 33.3. The molecule has 1 aliphatic rings. The van der Waals surface area contributed by atoms with Gasteiger partial charge in [-0.25, -0.2) is 4.79 Å². The van der Waals surface area contributed by atoms with Gasteiger partial charge in [0, 0.05) is 19.4 Å². The summed E-state index contributed by atoms with van der Waals surface area (Å²) in [6, 6.07) is -8.00. The molecule has 22 N–H and O–H groups in total. The van der Waals surface area contributed by atoms with Gasteiger partial charge in [-0.1, -0.05) is 71.9 Å². The van der Waals surface area contributed by atoms with E-state index in [9.17, 15) is 95.3 Å². The molecule has 35 nitrogen and oxygen atoms in total. The van der Waals surface area contributed by atoms with Gasteiger partial charge in [-0.05, 0) is 93.2 Å². The standard InChI is InChI=1S/C59H95N15O18S.C2HF3O2/c1-30(2)24-38(53(86)66-35(49(63)82)20-23-93-7)65-44(77)28-64-58(91)47(31(3)4)72-55(88)39(25-33-14-9-8-10-15-33)69-52(85)37(18-19-43(62)76)67-54(87)40(27-46(80)81)70-56(89)41(29-75)71-51(84)36(16-11-12-21-60)68-57(90)42-17-13-22-74(42)59(92)48(32(5)6)73-50(83)34(61)26-45(78)79;3-2(4,5)1(6)7/h8-10,14-15,30-32,34-42,47-48,75H,11-13,16-29,60-61H2,1-7H3,(H2,62,76)(H2,63,82)(H,64,91)(H,65,77)(H,66,86)(H,67,87)(H,68,90)(H,69,85)(H,70,89)(H,71,84)(H,72,88)(H,73,83)(H,78,79)(H,80,81);(H,6,7)/t34-,35-,36-,37-,38-,39-,40-,41-,42-,47-,48-;/m0./s1. The highest BCUT2D eigenvalue weighted by molar-refractivity contribution is 7.98. The molecular formula is C61H96F3N15O20S. The molecule has 0 bridgehead atoms. The highest BCUT2D eigenvalue weighted by Crippen LogP contribution is 2.22. The maximum absolute atomic E-state index is 14.3. The van der Waals surface area contributed by atoms with Crippen LogP contribution in [0.5, 0.6) is 0 Å². The van der Waals surface area contributed by atoms with Crippen LogP contribution in [-0.4, -0.2) is 231 Å². The lowest BCUT2D eigenvalue weighted by Crippen LogP contribution is -2.61. The van der Waals surface area contributed by atoms with Crippen molar-refractivity contribution in [3.05, 3.63) is 35.9 Å². The summed E-state index contributed by atoms with van der Waals surface area (Å²) in [5.41, 5.74) is 22.8. The second kappa shape index (κ2) is 44.7. The number of nitrogens with one attached hydrogen (secondary N) is 10. The number of benzene rings is 1. The summed E-state index contributed by atoms with van der Waals surface area (Å²) in [5.74, 6) is -18.8. The number of nitrogens with two attached hydrogens (primary N) is 4. The van der Waals surface area contributed by atoms with Crippen molar-refractivity contribution >= 4 is 106 Å². The van der Waals surface area contributed by atoms with Gasteiger partial charge in [0.1, 0.15) is 60.4 Å². The minimum atomic E-state index is -5.08. The maximum Gasteiger partial charge on any atom is 0.490 e. The number of carbonyl (C=O) groups is 16. The summed E-state index contributed by atoms with van der Waals surface area (Å²) < 4.78 is 31.7. The summed E-state index contributed by atoms with van der Waals surface area (Å²) in [6.07, 6.45) is -5.17. The zero-order valence-corrected chi connectivity index (χ0v) is 57.4. The second-order valence-corrected chi connectivity index (χ2v) is 25.4. The Morgan fingerprint density at radius 2 is 1.10 bits per heavy atom. The number of aliphatic carboxylic acids is 3. The number of hydrogen-bond donors (Lipinski definition) is 18. The van der Waals surface area contributed by atoms with Crippen molar-refractivity contribution < 1.29 is 110 Å². The van der Waals surface area contributed by atoms with Gasteiger partial charge in [0.2, 0.25) is 76.8 Å². The number of unbranched alkanes of at least 4 members (excludes halogenated alkanes) is 1. The van der Waals surface area contributed by atoms with Crippen LogP contribution in [0.15, 0.2) is 30.3 Å². The Balaban J connectivity index is 0.00000675. The average molecular weight is 1450 g/mol. The molecule has 1 fully saturated rings. The first-order valence-electron chi connectivity index (χ1n) is 31.9. The van der Waals surface area contributed by atoms with Gasteiger partial charge >= 0.3 is 24.1 Å². The van der Waals surface area contributed by atoms with Crippen LogP contribution in [-0.2, 0) is 83.1 Å². The van der Waals surface area contributed by atoms with E-state index in [-0.39, 0.29) is 57.5 Å². The first-order chi connectivity index (χ1) is 46.7. The van der Waals surface area contributed by atoms with Crippen LogP contribution in [0.4, 0.5) is 13.2 Å². The topological polar surface area (TPSA) is 582 Å². The van der Waals surface area contributed by atoms with Crippen LogP contribution in [0.3, 0.4) is 0 Å². The van der Waals surface area contributed by atoms with E-state index in [0.717, 1.165) is 0 Å². The second-order valence-electron chi connectivity index (χ2n) is 24.4. The van der Waals surface area contributed by atoms with E-state index in [0.29, 0.717) is 24.2 Å². The molecule has 1 heterocycles. The van der Waals surface area contributed by atoms with Crippen LogP contribution in [0.2, 0.25) is 0 Å². The lowest BCUT2D eigenvalue weighted by atomic mass is 10.00. The summed E-state index contributed by atoms with van der Waals surface area (Å²) >= 11 is 1.44. The van der Waals surface area contributed by atoms with E-state index < -0.39 is 218 Å². The van der Waals surface area contributed by atoms with Crippen molar-refractivity contribution in [1.82, 2.24) is 58.1 Å². The molecule has 1 aliphatic heterocycles. The Kier molecular flexibility index (Phi) is 39.7. The number of amides is 13. The number of rotatable bonds is 43. The predicted molar refractivity (Wildman–Crippen MR) is 351 cm³/mol. The van der Waals surface area contributed by atoms with Gasteiger partial charge in [0.05, 0.1) is 32.0 Å². The zero-order valence-electron chi connectivity index (χ0n) is 56.6. The van der Waals surface area contributed by atoms with Crippen molar-refractivity contribution in [3.63, 3.8) is 0 Å². The third kappa shape index (κ3) is 33.1. The average Bonchev–Trinajstić information content (AvgIpc) is 1.60. The van der Waals surface area contributed by atoms with Gasteiger partial charge < -0.3 is 101 Å². The number of carboxylic acids is 3. The summed E-state index contributed by atoms with van der Waals surface area (Å²) in [5, 5.41) is 61.0. The van der Waals surface area contributed by atoms with E-state index >= 15 is 0 Å². The minimum absolute atomic E-state index is 0.0579. The van der Waals surface area contributed by atoms with Crippen LogP contribution in [0, 0.1) is 17.8 Å². The van der Waals surface area contributed by atoms with Crippen molar-refractivity contribution in [2.24, 2.45) is 40.7 Å². The lowest BCUT2D eigenvalue weighted by Gasteiger charge is -2.32. The third-order valence-corrected chi connectivity index (χ3v) is 15.6. The number of hydrogen-bond acceptors (Lipinski definition) is 20. The number of carbonyl (C=O) groups excluding carboxylic acids is 13. The van der Waals surface area contributed by atoms with Crippen LogP contribution in [0.25, 0.3) is 0 Å². The van der Waals surface area contributed by atoms with E-state index in [1.165, 1.54) is 16.7 Å². The quantitative estimate of drug-likeness (QED) is 0.0275. The van der Waals surface area contributed by atoms with Crippen molar-refractivity contribution in [3.8, 4) is 0 Å². The Hall–Kier alpha value is -9.24. The maximum atomic E-state index is 14.3. The molecule has 0 spiro atoms. The third-order valence-electron chi connectivity index (χ3n) is 15.0. The minimum Gasteiger partial charge on any atom is -0.481 e. The number of nitrogens with zero attached hydrogens (tertiary/aromatic N) is 1. The molecule has 1 aromatic rings. The Morgan fingerprint density at radius 3 is 1.61 bits per heavy atom. The molecule has 39 heteroatoms. The zero-order chi connectivity index (χ0) is 76.3. The molecule has 0 aromatic heterocycles. The largest absolute Gasteiger partial charge is 0.490 e. The number of aliphatic hydroxyl groups is 1. The number of primary amides is 2. The smallest absolute Gasteiger partial charge is 0.481 e. The predicted octanol–water partition coefficient (Wildman–Crippen LogP) is -4.41. The monoisotopic (exact) mass is 1450 g/mol. The van der Waals surface area contributed by atoms with E-state index in [4.69, 9.17) is 37.9 Å². The molecule has 13 amide bonds. The van der Waals surface area contributed by atoms with Crippen LogP contribution in [0.1, 0.15) is 118 Å². The summed E-state index contributed by atoms with van der Waals surface area (Å²) in [4.78, 5) is 209. The van der Waals surface area contributed by atoms with E-state index in [2.05, 4.69) is 53.2 Å². The Bertz CT molecular complexity index is 2990. The molecule has 11 atom stereocenters. The molecule has 0 saturated carbocycles. The molecular weight excluding hydrogens is 1350 g/mol. The fourth-order valence-corrected chi connectivity index (χ4v) is 10.1. The van der Waals surface area contributed by atoms with E-state index in [1.54, 1.807) is 71.9 Å². The fourth-order valence-electron chi connectivity index (χ4n) is 9.66. The van der Waals surface area contributed by atoms with Gasteiger partial charge in [0.15, 0.2) is 0 Å². The number of alkyl halides is 3. The first kappa shape index (κ1) is 88.8. The summed E-state index contributed by atoms with van der Waals surface area (Å²) in [6.45, 7) is 8.38. The molecule has 0 radical (unpaired) electrons. The number of halogens is 3. The molecule has 2 rings (SSSR count). The number of carboxylic acid groups (broad SMARTS) is 3. The van der Waals surface area contributed by atoms with Gasteiger partial charge in [0.25, 0.3) is 0 Å². The molecule has 1 saturated heterocycles. The molecule has 0 unspecified atom stereocenters. The molecule has 100 heavy (non-hydrogen) atoms. The SMILES string of the molecule is CSCC[C@H](NC(=O)[C@H](CC(C)C)NC(=O)CNC(=O)[C@@H](NC(=O)[C@H](Cc1ccccc1)NC(=O)[C@H](CCC(N)=O)NC(=O)[C@H](CC(=O)O)NC(=O)[C@H](CO)NC(=O)[C@H](CCCCN)NC(=O)[C@@H]1CCCN1C(=O)[C@@H](NC(=O)[C@@H](N)CC(=O)O)C(C)C)C(C)C)C(N)=O.O=C(O)C(F)(F)F. The number of thioether (sulfide) groups is 1. The number of aliphatic hydroxyl groups excluding tert-OH is 1. The van der Waals surface area contributed by atoms with Crippen molar-refractivity contribution in [2.75, 3.05) is 38.2 Å². The lowest BCUT2D eigenvalue weighted by molar-refractivity contribution is -0.192. The van der Waals surface area contributed by atoms with Gasteiger partial charge in [-0.2, -0.15) is 24.9 Å². The number of likely N-dealkylation sites (tertiary alicyclic amines) is 1. The van der Waals surface area contributed by atoms with Crippen LogP contribution >= 0.6 is 11.8 Å². The normalized spacial score (nSPS) is 15.7. The highest BCUT2D eigenvalue weighted by Gasteiger charge is 2.42. The van der Waals surface area contributed by atoms with Crippen LogP contribution < -0.4 is 76.1 Å². The van der Waals surface area contributed by atoms with Gasteiger partial charge in [-0.3, -0.25) is 71.9 Å². The molecule has 0 aliphatic carbocycles. The van der Waals surface area contributed by atoms with Gasteiger partial charge in [-0.15, -0.1) is 0 Å². The molecule has 1 aromatic carbocycles. The fraction of sp³-hybridized carbons (Fsp3) is 0.639. The Labute approximate surface area is 579 Å².